The molecule has 6 heteroatoms. The molecular weight excluding hydrogens is 209 g/mol. The van der Waals surface area contributed by atoms with E-state index in [1.54, 1.807) is 0 Å². The Bertz CT molecular complexity index is 323. The van der Waals surface area contributed by atoms with Crippen LogP contribution in [0.5, 0.6) is 0 Å². The molecule has 0 amide bonds. The number of nitrogens with zero attached hydrogens (tertiary/aromatic N) is 1. The van der Waals surface area contributed by atoms with Gasteiger partial charge in [0.2, 0.25) is 0 Å². The minimum Gasteiger partial charge on any atom is -0.396 e. The Morgan fingerprint density at radius 2 is 2.13 bits per heavy atom. The third-order valence-corrected chi connectivity index (χ3v) is 2.05. The number of halogens is 3. The van der Waals surface area contributed by atoms with Crippen molar-refractivity contribution in [3.05, 3.63) is 29.6 Å². The third-order valence-electron chi connectivity index (χ3n) is 2.05. The van der Waals surface area contributed by atoms with E-state index in [0.717, 1.165) is 6.20 Å². The Kier molecular flexibility index (Phi) is 3.65. The highest BCUT2D eigenvalue weighted by Gasteiger charge is 2.36. The number of aliphatic hydroxyl groups is 1. The van der Waals surface area contributed by atoms with Gasteiger partial charge in [0.05, 0.1) is 6.61 Å². The normalized spacial score (nSPS) is 13.9. The molecule has 0 aliphatic rings. The van der Waals surface area contributed by atoms with Crippen LogP contribution in [-0.4, -0.2) is 23.2 Å². The van der Waals surface area contributed by atoms with Gasteiger partial charge < -0.3 is 10.8 Å². The summed E-state index contributed by atoms with van der Waals surface area (Å²) in [6.45, 7) is -0.476. The topological polar surface area (TPSA) is 59.1 Å². The van der Waals surface area contributed by atoms with Crippen molar-refractivity contribution >= 4 is 0 Å². The minimum absolute atomic E-state index is 0.0503. The quantitative estimate of drug-likeness (QED) is 0.802. The van der Waals surface area contributed by atoms with Crippen LogP contribution in [0.15, 0.2) is 18.3 Å². The molecule has 0 aliphatic heterocycles. The van der Waals surface area contributed by atoms with Crippen molar-refractivity contribution in [1.82, 2.24) is 4.98 Å². The Labute approximate surface area is 84.7 Å². The molecule has 1 atom stereocenters. The van der Waals surface area contributed by atoms with Crippen LogP contribution < -0.4 is 5.73 Å². The van der Waals surface area contributed by atoms with Gasteiger partial charge in [-0.1, -0.05) is 6.07 Å². The molecule has 0 fully saturated rings. The first-order valence-corrected chi connectivity index (χ1v) is 4.33. The number of hydrogen-bond acceptors (Lipinski definition) is 3. The van der Waals surface area contributed by atoms with Gasteiger partial charge >= 0.3 is 6.18 Å². The largest absolute Gasteiger partial charge is 0.433 e. The summed E-state index contributed by atoms with van der Waals surface area (Å²) >= 11 is 0. The van der Waals surface area contributed by atoms with Gasteiger partial charge in [-0.2, -0.15) is 13.2 Å². The van der Waals surface area contributed by atoms with Crippen LogP contribution in [0.2, 0.25) is 0 Å². The third kappa shape index (κ3) is 2.66. The standard InChI is InChI=1S/C9H11F3N2O/c10-9(11,12)8-7(2-1-3-14-8)6(4-13)5-15/h1-3,6,15H,4-5,13H2. The van der Waals surface area contributed by atoms with Gasteiger partial charge in [-0.05, 0) is 11.6 Å². The molecule has 84 valence electrons. The summed E-state index contributed by atoms with van der Waals surface area (Å²) < 4.78 is 37.5. The fourth-order valence-corrected chi connectivity index (χ4v) is 1.28. The summed E-state index contributed by atoms with van der Waals surface area (Å²) in [5.74, 6) is -0.727. The van der Waals surface area contributed by atoms with Crippen LogP contribution in [0.3, 0.4) is 0 Å². The highest BCUT2D eigenvalue weighted by atomic mass is 19.4. The molecule has 0 spiro atoms. The average molecular weight is 220 g/mol. The summed E-state index contributed by atoms with van der Waals surface area (Å²) in [5.41, 5.74) is 4.23. The predicted octanol–water partition coefficient (Wildman–Crippen LogP) is 1.14. The lowest BCUT2D eigenvalue weighted by Crippen LogP contribution is -2.21. The van der Waals surface area contributed by atoms with Crippen molar-refractivity contribution in [2.75, 3.05) is 13.2 Å². The van der Waals surface area contributed by atoms with Crippen LogP contribution in [0.1, 0.15) is 17.2 Å². The maximum atomic E-state index is 12.5. The van der Waals surface area contributed by atoms with Crippen molar-refractivity contribution in [1.29, 1.82) is 0 Å². The predicted molar refractivity (Wildman–Crippen MR) is 48.1 cm³/mol. The van der Waals surface area contributed by atoms with Crippen molar-refractivity contribution < 1.29 is 18.3 Å². The van der Waals surface area contributed by atoms with Crippen molar-refractivity contribution in [2.45, 2.75) is 12.1 Å². The first kappa shape index (κ1) is 11.9. The summed E-state index contributed by atoms with van der Waals surface area (Å²) in [6, 6.07) is 2.67. The summed E-state index contributed by atoms with van der Waals surface area (Å²) in [4.78, 5) is 3.28. The molecular formula is C9H11F3N2O. The number of hydrogen-bond donors (Lipinski definition) is 2. The highest BCUT2D eigenvalue weighted by Crippen LogP contribution is 2.32. The lowest BCUT2D eigenvalue weighted by atomic mass is 9.98. The first-order valence-electron chi connectivity index (χ1n) is 4.33. The molecule has 1 unspecified atom stereocenters. The number of aliphatic hydroxyl groups excluding tert-OH is 1. The van der Waals surface area contributed by atoms with E-state index in [1.165, 1.54) is 12.1 Å². The number of alkyl halides is 3. The monoisotopic (exact) mass is 220 g/mol. The van der Waals surface area contributed by atoms with E-state index in [0.29, 0.717) is 0 Å². The van der Waals surface area contributed by atoms with Crippen LogP contribution in [0.25, 0.3) is 0 Å². The number of pyridine rings is 1. The fourth-order valence-electron chi connectivity index (χ4n) is 1.28. The number of rotatable bonds is 3. The molecule has 0 saturated carbocycles. The molecule has 1 heterocycles. The molecule has 1 aromatic rings. The Balaban J connectivity index is 3.17. The van der Waals surface area contributed by atoms with Crippen molar-refractivity contribution in [3.8, 4) is 0 Å². The number of nitrogens with two attached hydrogens (primary N) is 1. The van der Waals surface area contributed by atoms with Gasteiger partial charge in [-0.25, -0.2) is 0 Å². The van der Waals surface area contributed by atoms with Crippen LogP contribution in [0.4, 0.5) is 13.2 Å². The lowest BCUT2D eigenvalue weighted by molar-refractivity contribution is -0.142. The van der Waals surface area contributed by atoms with E-state index in [9.17, 15) is 13.2 Å². The van der Waals surface area contributed by atoms with Crippen LogP contribution in [-0.2, 0) is 6.18 Å². The summed E-state index contributed by atoms with van der Waals surface area (Å²) in [7, 11) is 0. The second-order valence-electron chi connectivity index (χ2n) is 3.05. The smallest absolute Gasteiger partial charge is 0.396 e. The van der Waals surface area contributed by atoms with Gasteiger partial charge in [-0.15, -0.1) is 0 Å². The molecule has 15 heavy (non-hydrogen) atoms. The fraction of sp³-hybridized carbons (Fsp3) is 0.444. The van der Waals surface area contributed by atoms with Gasteiger partial charge in [0.25, 0.3) is 0 Å². The second kappa shape index (κ2) is 4.59. The molecule has 3 nitrogen and oxygen atoms in total. The van der Waals surface area contributed by atoms with Crippen molar-refractivity contribution in [2.24, 2.45) is 5.73 Å². The van der Waals surface area contributed by atoms with Crippen molar-refractivity contribution in [3.63, 3.8) is 0 Å². The number of aromatic nitrogens is 1. The van der Waals surface area contributed by atoms with E-state index in [1.807, 2.05) is 0 Å². The minimum atomic E-state index is -4.51. The molecule has 0 aliphatic carbocycles. The molecule has 3 N–H and O–H groups in total. The van der Waals surface area contributed by atoms with Gasteiger partial charge in [-0.3, -0.25) is 4.98 Å². The molecule has 1 rings (SSSR count). The second-order valence-corrected chi connectivity index (χ2v) is 3.05. The summed E-state index contributed by atoms with van der Waals surface area (Å²) in [5, 5.41) is 8.89. The molecule has 0 saturated heterocycles. The maximum Gasteiger partial charge on any atom is 0.433 e. The highest BCUT2D eigenvalue weighted by molar-refractivity contribution is 5.26. The first-order chi connectivity index (χ1) is 7.00. The van der Waals surface area contributed by atoms with Gasteiger partial charge in [0, 0.05) is 18.7 Å². The summed E-state index contributed by atoms with van der Waals surface area (Å²) in [6.07, 6.45) is -3.45. The van der Waals surface area contributed by atoms with Crippen LogP contribution in [0, 0.1) is 0 Å². The van der Waals surface area contributed by atoms with E-state index in [-0.39, 0.29) is 12.1 Å². The average Bonchev–Trinajstić information content (AvgIpc) is 2.19. The van der Waals surface area contributed by atoms with E-state index >= 15 is 0 Å². The van der Waals surface area contributed by atoms with E-state index < -0.39 is 24.4 Å². The Morgan fingerprint density at radius 1 is 1.47 bits per heavy atom. The molecule has 0 radical (unpaired) electrons. The Hall–Kier alpha value is -1.14. The zero-order chi connectivity index (χ0) is 11.5. The van der Waals surface area contributed by atoms with Gasteiger partial charge in [0.15, 0.2) is 0 Å². The molecule has 0 bridgehead atoms. The van der Waals surface area contributed by atoms with Crippen LogP contribution >= 0.6 is 0 Å². The Morgan fingerprint density at radius 3 is 2.60 bits per heavy atom. The van der Waals surface area contributed by atoms with E-state index in [4.69, 9.17) is 10.8 Å². The molecule has 0 aromatic carbocycles. The zero-order valence-electron chi connectivity index (χ0n) is 7.83. The zero-order valence-corrected chi connectivity index (χ0v) is 7.83. The lowest BCUT2D eigenvalue weighted by Gasteiger charge is -2.17. The molecule has 1 aromatic heterocycles. The van der Waals surface area contributed by atoms with Gasteiger partial charge in [0.1, 0.15) is 5.69 Å². The SMILES string of the molecule is NCC(CO)c1cccnc1C(F)(F)F. The van der Waals surface area contributed by atoms with E-state index in [2.05, 4.69) is 4.98 Å². The maximum absolute atomic E-state index is 12.5.